The van der Waals surface area contributed by atoms with Crippen molar-refractivity contribution < 1.29 is 158 Å². The molecule has 6 rings (SSSR count). The fourth-order valence-corrected chi connectivity index (χ4v) is 16.1. The highest BCUT2D eigenvalue weighted by Crippen LogP contribution is 2.38. The molecule has 0 radical (unpaired) electrons. The molecule has 0 aromatic heterocycles. The lowest BCUT2D eigenvalue weighted by Crippen LogP contribution is -2.71. The van der Waals surface area contributed by atoms with Crippen molar-refractivity contribution in [2.45, 2.75) is 449 Å². The van der Waals surface area contributed by atoms with E-state index in [9.17, 15) is 101 Å². The summed E-state index contributed by atoms with van der Waals surface area (Å²) in [6.07, 6.45) is -10.8. The Morgan fingerprint density at radius 1 is 0.350 bits per heavy atom. The first-order chi connectivity index (χ1) is 56.3. The van der Waals surface area contributed by atoms with Gasteiger partial charge in [-0.25, -0.2) is 0 Å². The van der Waals surface area contributed by atoms with Gasteiger partial charge in [0.25, 0.3) is 0 Å². The zero-order valence-corrected chi connectivity index (χ0v) is 69.6. The van der Waals surface area contributed by atoms with Crippen LogP contribution in [0.4, 0.5) is 0 Å². The number of hydrogen-bond acceptors (Lipinski definition) is 32. The van der Waals surface area contributed by atoms with Crippen molar-refractivity contribution in [2.75, 3.05) is 39.6 Å². The maximum absolute atomic E-state index is 13.6. The Kier molecular flexibility index (Phi) is 49.2. The normalized spacial score (nSPS) is 36.1. The third kappa shape index (κ3) is 32.8. The van der Waals surface area contributed by atoms with Crippen molar-refractivity contribution in [3.63, 3.8) is 0 Å². The zero-order chi connectivity index (χ0) is 85.5. The van der Waals surface area contributed by atoms with Crippen molar-refractivity contribution in [3.05, 3.63) is 12.2 Å². The van der Waals surface area contributed by atoms with Crippen LogP contribution in [0.1, 0.15) is 253 Å². The summed E-state index contributed by atoms with van der Waals surface area (Å²) in [5, 5.41) is 198. The summed E-state index contributed by atoms with van der Waals surface area (Å²) in [5.41, 5.74) is 0. The topological polar surface area (TPSA) is 542 Å². The molecule has 3 amide bonds. The van der Waals surface area contributed by atoms with Gasteiger partial charge in [0.15, 0.2) is 37.7 Å². The van der Waals surface area contributed by atoms with Crippen LogP contribution in [0.15, 0.2) is 12.2 Å². The number of allylic oxidation sites excluding steroid dienone is 1. The Morgan fingerprint density at radius 2 is 0.667 bits per heavy atom. The Bertz CT molecular complexity index is 2690. The molecule has 0 aliphatic carbocycles. The molecule has 0 bridgehead atoms. The number of nitrogens with one attached hydrogen (secondary N) is 3. The Hall–Kier alpha value is -3.01. The van der Waals surface area contributed by atoms with E-state index in [-0.39, 0.29) is 12.3 Å². The van der Waals surface area contributed by atoms with Crippen LogP contribution >= 0.6 is 0 Å². The number of hydrogen-bond donors (Lipinski definition) is 20. The van der Waals surface area contributed by atoms with Crippen LogP contribution in [0.25, 0.3) is 0 Å². The standard InChI is InChI=1S/C82H149N3O32/c1-6-8-10-12-14-16-18-20-21-22-23-24-25-26-27-29-31-33-35-37-39-41-58(94)85-51(52(93)40-38-36-34-32-30-28-19-17-15-13-11-9-7-2)47-106-79-69(103)66(100)73(56(45-89)111-79)114-81-70(104)67(101)72(57(46-90)112-81)113-77-59(83-49(4)91)75(63(97)53(42-86)108-77)116-82-71(105)76(64(98)55(44-88)110-82)117-78-60(84-50(5)92)74(62(96)54(43-87)109-78)115-80-68(102)65(99)61(95)48(3)107-80/h38,40,48,51-57,59-82,86-90,93,95-105H,6-37,39,41-47H2,1-5H3,(H,83,91)(H,84,92)(H,85,94)/b40-38+/t48?,51-,52+,53?,54?,55?,56?,57?,59?,60?,61+,62+,63-,64-,65?,66+,67+,68-,69?,70?,71?,72-,73+,74+,75+,76-,77-,78-,79+,80+,81-,82-/m0/s1. The van der Waals surface area contributed by atoms with Gasteiger partial charge in [-0.1, -0.05) is 219 Å². The molecular weight excluding hydrogens is 1540 g/mol. The minimum absolute atomic E-state index is 0.183. The monoisotopic (exact) mass is 1690 g/mol. The van der Waals surface area contributed by atoms with Crippen LogP contribution in [-0.4, -0.2) is 340 Å². The Labute approximate surface area is 690 Å². The number of carbonyl (C=O) groups is 3. The van der Waals surface area contributed by atoms with Crippen molar-refractivity contribution in [1.82, 2.24) is 16.0 Å². The third-order valence-corrected chi connectivity index (χ3v) is 23.2. The number of aliphatic hydroxyl groups excluding tert-OH is 17. The summed E-state index contributed by atoms with van der Waals surface area (Å²) in [6.45, 7) is 2.43. The molecule has 35 heteroatoms. The number of unbranched alkanes of at least 4 members (excludes halogenated alkanes) is 31. The second-order valence-electron chi connectivity index (χ2n) is 32.8. The quantitative estimate of drug-likeness (QED) is 0.0298. The van der Waals surface area contributed by atoms with Crippen molar-refractivity contribution in [3.8, 4) is 0 Å². The van der Waals surface area contributed by atoms with E-state index in [1.165, 1.54) is 155 Å². The van der Waals surface area contributed by atoms with Crippen LogP contribution < -0.4 is 16.0 Å². The predicted octanol–water partition coefficient (Wildman–Crippen LogP) is 0.944. The number of amides is 3. The van der Waals surface area contributed by atoms with Gasteiger partial charge in [0.2, 0.25) is 17.7 Å². The van der Waals surface area contributed by atoms with E-state index >= 15 is 0 Å². The zero-order valence-electron chi connectivity index (χ0n) is 69.6. The Balaban J connectivity index is 1.06. The highest BCUT2D eigenvalue weighted by atomic mass is 16.8. The first-order valence-electron chi connectivity index (χ1n) is 43.8. The average molecular weight is 1690 g/mol. The summed E-state index contributed by atoms with van der Waals surface area (Å²) in [5.74, 6) is -2.01. The van der Waals surface area contributed by atoms with Gasteiger partial charge in [0.05, 0.1) is 57.9 Å². The molecule has 117 heavy (non-hydrogen) atoms. The van der Waals surface area contributed by atoms with Gasteiger partial charge in [-0.15, -0.1) is 0 Å². The summed E-state index contributed by atoms with van der Waals surface area (Å²) < 4.78 is 71.4. The highest BCUT2D eigenvalue weighted by molar-refractivity contribution is 5.76. The van der Waals surface area contributed by atoms with Crippen LogP contribution in [0.5, 0.6) is 0 Å². The molecule has 0 saturated carbocycles. The number of ether oxygens (including phenoxy) is 12. The van der Waals surface area contributed by atoms with Gasteiger partial charge in [-0.3, -0.25) is 14.4 Å². The second kappa shape index (κ2) is 56.1. The van der Waals surface area contributed by atoms with E-state index in [2.05, 4.69) is 29.8 Å². The van der Waals surface area contributed by atoms with Crippen LogP contribution in [0.3, 0.4) is 0 Å². The minimum Gasteiger partial charge on any atom is -0.394 e. The van der Waals surface area contributed by atoms with Crippen molar-refractivity contribution in [2.24, 2.45) is 0 Å². The van der Waals surface area contributed by atoms with Gasteiger partial charge in [-0.2, -0.15) is 0 Å². The fourth-order valence-electron chi connectivity index (χ4n) is 16.1. The van der Waals surface area contributed by atoms with E-state index in [4.69, 9.17) is 56.8 Å². The van der Waals surface area contributed by atoms with Gasteiger partial charge in [0.1, 0.15) is 140 Å². The molecule has 6 heterocycles. The molecule has 6 saturated heterocycles. The molecule has 684 valence electrons. The first kappa shape index (κ1) is 103. The Morgan fingerprint density at radius 3 is 1.08 bits per heavy atom. The molecule has 12 unspecified atom stereocenters. The van der Waals surface area contributed by atoms with Gasteiger partial charge in [-0.05, 0) is 26.2 Å². The lowest BCUT2D eigenvalue weighted by molar-refractivity contribution is -0.385. The van der Waals surface area contributed by atoms with Gasteiger partial charge in [0, 0.05) is 20.3 Å². The first-order valence-corrected chi connectivity index (χ1v) is 43.8. The lowest BCUT2D eigenvalue weighted by Gasteiger charge is -2.51. The molecular formula is C82H149N3O32. The predicted molar refractivity (Wildman–Crippen MR) is 420 cm³/mol. The largest absolute Gasteiger partial charge is 0.394 e. The van der Waals surface area contributed by atoms with Gasteiger partial charge < -0.3 is 160 Å². The van der Waals surface area contributed by atoms with Crippen molar-refractivity contribution >= 4 is 17.7 Å². The number of carbonyl (C=O) groups excluding carboxylic acids is 3. The summed E-state index contributed by atoms with van der Waals surface area (Å²) in [6, 6.07) is -4.57. The summed E-state index contributed by atoms with van der Waals surface area (Å²) >= 11 is 0. The number of rotatable bonds is 57. The van der Waals surface area contributed by atoms with E-state index in [0.717, 1.165) is 65.2 Å². The molecule has 0 aromatic rings. The smallest absolute Gasteiger partial charge is 0.220 e. The third-order valence-electron chi connectivity index (χ3n) is 23.2. The van der Waals surface area contributed by atoms with Crippen LogP contribution in [0, 0.1) is 0 Å². The fraction of sp³-hybridized carbons (Fsp3) is 0.939. The maximum atomic E-state index is 13.6. The maximum Gasteiger partial charge on any atom is 0.220 e. The highest BCUT2D eigenvalue weighted by Gasteiger charge is 2.59. The van der Waals surface area contributed by atoms with Gasteiger partial charge >= 0.3 is 0 Å². The summed E-state index contributed by atoms with van der Waals surface area (Å²) in [7, 11) is 0. The molecule has 6 aliphatic heterocycles. The van der Waals surface area contributed by atoms with Crippen molar-refractivity contribution in [1.29, 1.82) is 0 Å². The number of aliphatic hydroxyl groups is 17. The van der Waals surface area contributed by atoms with E-state index in [1.54, 1.807) is 6.08 Å². The molecule has 32 atom stereocenters. The minimum atomic E-state index is -2.26. The molecule has 6 fully saturated rings. The average Bonchev–Trinajstić information content (AvgIpc) is 0.766. The molecule has 0 spiro atoms. The molecule has 35 nitrogen and oxygen atoms in total. The van der Waals surface area contributed by atoms with Crippen LogP contribution in [-0.2, 0) is 71.2 Å². The van der Waals surface area contributed by atoms with E-state index < -0.39 is 248 Å². The van der Waals surface area contributed by atoms with E-state index in [0.29, 0.717) is 12.8 Å². The second-order valence-corrected chi connectivity index (χ2v) is 32.8. The van der Waals surface area contributed by atoms with E-state index in [1.807, 2.05) is 6.08 Å². The molecule has 0 aromatic carbocycles. The lowest BCUT2D eigenvalue weighted by atomic mass is 9.93. The molecule has 20 N–H and O–H groups in total. The van der Waals surface area contributed by atoms with Crippen LogP contribution in [0.2, 0.25) is 0 Å². The SMILES string of the molecule is CCCCCCCCCCCCC/C=C/[C@@H](O)[C@H](CO[C@@H]1OC(CO)[C@@H](O[C@@H]2OC(CO)[C@H](O[C@@H]3OC(CO)[C@H](O)[C@H](O[C@@H]4OC(CO)[C@H](O)[C@H](O[C@@H]5OC(CO)[C@@H](O)[C@H](O[C@H]6OC(C)[C@@H](O)C(O)[C@@H]6O)C5NC(C)=O)C4O)C3NC(C)=O)[C@H](O)C2O)[C@H](O)C1O)NC(=O)CCCCCCCCCCCCCCCCCCCCCCC. The summed E-state index contributed by atoms with van der Waals surface area (Å²) in [4.78, 5) is 39.5. The molecule has 6 aliphatic rings.